The Kier molecular flexibility index (Phi) is 4.06. The van der Waals surface area contributed by atoms with Gasteiger partial charge in [0.1, 0.15) is 5.82 Å². The zero-order valence-electron chi connectivity index (χ0n) is 13.7. The highest BCUT2D eigenvalue weighted by atomic mass is 32.1. The molecular weight excluding hydrogens is 318 g/mol. The van der Waals surface area contributed by atoms with Gasteiger partial charge in [0.05, 0.1) is 0 Å². The minimum absolute atomic E-state index is 0.521. The highest BCUT2D eigenvalue weighted by Crippen LogP contribution is 2.24. The molecule has 1 aromatic carbocycles. The first-order chi connectivity index (χ1) is 11.7. The molecule has 4 rings (SSSR count). The molecule has 2 aliphatic rings. The third kappa shape index (κ3) is 3.48. The van der Waals surface area contributed by atoms with Crippen molar-refractivity contribution in [1.82, 2.24) is 15.3 Å². The van der Waals surface area contributed by atoms with Gasteiger partial charge in [0.15, 0.2) is 5.11 Å². The van der Waals surface area contributed by atoms with Gasteiger partial charge >= 0.3 is 0 Å². The quantitative estimate of drug-likeness (QED) is 0.839. The molecule has 0 saturated heterocycles. The molecular formula is C18H21N5S. The Labute approximate surface area is 147 Å². The van der Waals surface area contributed by atoms with E-state index in [0.717, 1.165) is 31.0 Å². The Hall–Kier alpha value is -2.21. The average Bonchev–Trinajstić information content (AvgIpc) is 3.37. The lowest BCUT2D eigenvalue weighted by atomic mass is 10.00. The summed E-state index contributed by atoms with van der Waals surface area (Å²) in [6.07, 6.45) is 3.42. The van der Waals surface area contributed by atoms with Gasteiger partial charge < -0.3 is 15.5 Å². The Balaban J connectivity index is 1.52. The van der Waals surface area contributed by atoms with Gasteiger partial charge in [-0.15, -0.1) is 0 Å². The molecule has 2 aromatic rings. The molecule has 0 bridgehead atoms. The molecule has 0 atom stereocenters. The number of aromatic nitrogens is 2. The van der Waals surface area contributed by atoms with Crippen LogP contribution < -0.4 is 15.5 Å². The molecule has 1 aromatic heterocycles. The van der Waals surface area contributed by atoms with Crippen molar-refractivity contribution < 1.29 is 0 Å². The molecule has 0 amide bonds. The molecule has 2 heterocycles. The smallest absolute Gasteiger partial charge is 0.231 e. The molecule has 2 N–H and O–H groups in total. The second kappa shape index (κ2) is 6.36. The molecule has 6 heteroatoms. The number of aryl methyl sites for hydroxylation is 1. The largest absolute Gasteiger partial charge is 0.360 e. The lowest BCUT2D eigenvalue weighted by molar-refractivity contribution is 0.719. The van der Waals surface area contributed by atoms with Crippen LogP contribution in [0.5, 0.6) is 0 Å². The fraction of sp³-hybridized carbons (Fsp3) is 0.389. The Morgan fingerprint density at radius 3 is 2.79 bits per heavy atom. The van der Waals surface area contributed by atoms with Gasteiger partial charge in [0.25, 0.3) is 0 Å². The number of benzene rings is 1. The van der Waals surface area contributed by atoms with Gasteiger partial charge in [-0.25, -0.2) is 4.98 Å². The first-order valence-electron chi connectivity index (χ1n) is 8.42. The van der Waals surface area contributed by atoms with Crippen molar-refractivity contribution in [3.63, 3.8) is 0 Å². The molecule has 0 unspecified atom stereocenters. The summed E-state index contributed by atoms with van der Waals surface area (Å²) in [5.74, 6) is 1.52. The maximum atomic E-state index is 5.33. The van der Waals surface area contributed by atoms with Crippen LogP contribution in [0.1, 0.15) is 29.7 Å². The predicted octanol–water partition coefficient (Wildman–Crippen LogP) is 2.80. The normalized spacial score (nSPS) is 16.5. The second-order valence-corrected chi connectivity index (χ2v) is 6.91. The van der Waals surface area contributed by atoms with Gasteiger partial charge in [0.2, 0.25) is 5.95 Å². The fourth-order valence-corrected chi connectivity index (χ4v) is 3.27. The van der Waals surface area contributed by atoms with E-state index in [9.17, 15) is 0 Å². The van der Waals surface area contributed by atoms with Crippen molar-refractivity contribution in [2.24, 2.45) is 0 Å². The van der Waals surface area contributed by atoms with Crippen LogP contribution in [0.25, 0.3) is 0 Å². The molecule has 0 spiro atoms. The number of rotatable bonds is 3. The maximum absolute atomic E-state index is 5.33. The summed E-state index contributed by atoms with van der Waals surface area (Å²) in [5.41, 5.74) is 3.75. The van der Waals surface area contributed by atoms with E-state index in [2.05, 4.69) is 49.8 Å². The molecule has 0 radical (unpaired) electrons. The third-order valence-corrected chi connectivity index (χ3v) is 4.65. The van der Waals surface area contributed by atoms with Crippen LogP contribution >= 0.6 is 12.2 Å². The Bertz CT molecular complexity index is 772. The van der Waals surface area contributed by atoms with E-state index in [0.29, 0.717) is 17.1 Å². The Morgan fingerprint density at radius 2 is 2.00 bits per heavy atom. The summed E-state index contributed by atoms with van der Waals surface area (Å²) >= 11 is 5.33. The van der Waals surface area contributed by atoms with Gasteiger partial charge in [-0.3, -0.25) is 0 Å². The number of hydrogen-bond donors (Lipinski definition) is 2. The van der Waals surface area contributed by atoms with Crippen molar-refractivity contribution >= 4 is 29.1 Å². The van der Waals surface area contributed by atoms with Crippen LogP contribution in [-0.2, 0) is 13.0 Å². The van der Waals surface area contributed by atoms with Gasteiger partial charge in [-0.05, 0) is 49.5 Å². The first kappa shape index (κ1) is 15.3. The van der Waals surface area contributed by atoms with Crippen molar-refractivity contribution in [1.29, 1.82) is 0 Å². The van der Waals surface area contributed by atoms with Crippen LogP contribution in [0.3, 0.4) is 0 Å². The molecule has 5 nitrogen and oxygen atoms in total. The van der Waals surface area contributed by atoms with E-state index in [1.165, 1.54) is 24.0 Å². The summed E-state index contributed by atoms with van der Waals surface area (Å²) in [7, 11) is 0. The number of anilines is 2. The molecule has 124 valence electrons. The van der Waals surface area contributed by atoms with Crippen molar-refractivity contribution in [3.8, 4) is 0 Å². The van der Waals surface area contributed by atoms with Crippen LogP contribution in [0.4, 0.5) is 11.8 Å². The molecule has 1 aliphatic heterocycles. The van der Waals surface area contributed by atoms with Crippen LogP contribution in [0, 0.1) is 6.92 Å². The Morgan fingerprint density at radius 1 is 1.21 bits per heavy atom. The summed E-state index contributed by atoms with van der Waals surface area (Å²) < 4.78 is 0. The van der Waals surface area contributed by atoms with Crippen LogP contribution in [0.2, 0.25) is 0 Å². The SMILES string of the molecule is Cc1cc(N2CCc3ccccc3C2)nc(NC(=S)NC2CC2)n1. The monoisotopic (exact) mass is 339 g/mol. The lowest BCUT2D eigenvalue weighted by Crippen LogP contribution is -2.33. The molecule has 24 heavy (non-hydrogen) atoms. The van der Waals surface area contributed by atoms with Gasteiger partial charge in [0, 0.05) is 30.9 Å². The van der Waals surface area contributed by atoms with E-state index in [1.54, 1.807) is 0 Å². The predicted molar refractivity (Wildman–Crippen MR) is 100 cm³/mol. The minimum Gasteiger partial charge on any atom is -0.360 e. The highest BCUT2D eigenvalue weighted by Gasteiger charge is 2.22. The first-order valence-corrected chi connectivity index (χ1v) is 8.83. The summed E-state index contributed by atoms with van der Waals surface area (Å²) in [5, 5.41) is 6.99. The van der Waals surface area contributed by atoms with Gasteiger partial charge in [-0.2, -0.15) is 4.98 Å². The number of nitrogens with zero attached hydrogens (tertiary/aromatic N) is 3. The molecule has 1 saturated carbocycles. The van der Waals surface area contributed by atoms with Gasteiger partial charge in [-0.1, -0.05) is 24.3 Å². The minimum atomic E-state index is 0.521. The van der Waals surface area contributed by atoms with Crippen molar-refractivity contribution in [3.05, 3.63) is 47.2 Å². The number of fused-ring (bicyclic) bond motifs is 1. The van der Waals surface area contributed by atoms with Crippen LogP contribution in [0.15, 0.2) is 30.3 Å². The standard InChI is InChI=1S/C18H21N5S/c1-12-10-16(21-17(19-12)22-18(24)20-15-6-7-15)23-9-8-13-4-2-3-5-14(13)11-23/h2-5,10,15H,6-9,11H2,1H3,(H2,19,20,21,22,24). The average molecular weight is 339 g/mol. The lowest BCUT2D eigenvalue weighted by Gasteiger charge is -2.30. The van der Waals surface area contributed by atoms with E-state index in [4.69, 9.17) is 12.2 Å². The van der Waals surface area contributed by atoms with Crippen molar-refractivity contribution in [2.45, 2.75) is 38.8 Å². The highest BCUT2D eigenvalue weighted by molar-refractivity contribution is 7.80. The van der Waals surface area contributed by atoms with E-state index in [1.807, 2.05) is 13.0 Å². The van der Waals surface area contributed by atoms with Crippen molar-refractivity contribution in [2.75, 3.05) is 16.8 Å². The molecule has 1 aliphatic carbocycles. The summed E-state index contributed by atoms with van der Waals surface area (Å²) in [4.78, 5) is 11.4. The van der Waals surface area contributed by atoms with E-state index in [-0.39, 0.29) is 0 Å². The molecule has 1 fully saturated rings. The third-order valence-electron chi connectivity index (χ3n) is 4.43. The fourth-order valence-electron chi connectivity index (χ4n) is 3.01. The maximum Gasteiger partial charge on any atom is 0.231 e. The van der Waals surface area contributed by atoms with E-state index >= 15 is 0 Å². The number of nitrogens with one attached hydrogen (secondary N) is 2. The topological polar surface area (TPSA) is 53.1 Å². The van der Waals surface area contributed by atoms with Crippen LogP contribution in [-0.4, -0.2) is 27.7 Å². The summed E-state index contributed by atoms with van der Waals surface area (Å²) in [6, 6.07) is 11.2. The zero-order valence-corrected chi connectivity index (χ0v) is 14.6. The second-order valence-electron chi connectivity index (χ2n) is 6.50. The zero-order chi connectivity index (χ0) is 16.5. The number of hydrogen-bond acceptors (Lipinski definition) is 4. The van der Waals surface area contributed by atoms with E-state index < -0.39 is 0 Å². The number of thiocarbonyl (C=S) groups is 1. The summed E-state index contributed by atoms with van der Waals surface area (Å²) in [6.45, 7) is 3.85.